The van der Waals surface area contributed by atoms with Crippen molar-refractivity contribution in [1.29, 1.82) is 0 Å². The summed E-state index contributed by atoms with van der Waals surface area (Å²) in [6.07, 6.45) is 1.25. The Kier molecular flexibility index (Phi) is 5.13. The molecule has 2 N–H and O–H groups in total. The van der Waals surface area contributed by atoms with Gasteiger partial charge in [-0.3, -0.25) is 4.99 Å². The lowest BCUT2D eigenvalue weighted by Gasteiger charge is -2.28. The summed E-state index contributed by atoms with van der Waals surface area (Å²) in [5, 5.41) is 6.85. The van der Waals surface area contributed by atoms with E-state index in [-0.39, 0.29) is 0 Å². The van der Waals surface area contributed by atoms with Crippen LogP contribution in [0.3, 0.4) is 0 Å². The number of hydrogen-bond acceptors (Lipinski definition) is 3. The summed E-state index contributed by atoms with van der Waals surface area (Å²) in [4.78, 5) is 6.77. The molecule has 1 aromatic rings. The minimum absolute atomic E-state index is 0.602. The fourth-order valence-corrected chi connectivity index (χ4v) is 3.63. The van der Waals surface area contributed by atoms with E-state index in [2.05, 4.69) is 51.7 Å². The summed E-state index contributed by atoms with van der Waals surface area (Å²) in [6, 6.07) is 9.53. The number of benzene rings is 1. The summed E-state index contributed by atoms with van der Waals surface area (Å²) in [6.45, 7) is 5.41. The number of anilines is 1. The predicted molar refractivity (Wildman–Crippen MR) is 96.9 cm³/mol. The Balaban J connectivity index is 1.49. The van der Waals surface area contributed by atoms with Gasteiger partial charge in [0.05, 0.1) is 0 Å². The standard InChI is InChI=1S/C17H26N4S/c1-13-11-16(13)20-17(18-2)19-12-14-3-5-15(6-4-14)21-7-9-22-10-8-21/h3-6,13,16H,7-12H2,1-2H3,(H2,18,19,20). The molecule has 2 aliphatic rings. The van der Waals surface area contributed by atoms with E-state index < -0.39 is 0 Å². The van der Waals surface area contributed by atoms with Gasteiger partial charge in [-0.2, -0.15) is 11.8 Å². The Hall–Kier alpha value is -1.36. The number of hydrogen-bond donors (Lipinski definition) is 2. The monoisotopic (exact) mass is 318 g/mol. The van der Waals surface area contributed by atoms with Crippen LogP contribution in [0.25, 0.3) is 0 Å². The molecule has 22 heavy (non-hydrogen) atoms. The van der Waals surface area contributed by atoms with Gasteiger partial charge in [0, 0.05) is 49.9 Å². The summed E-state index contributed by atoms with van der Waals surface area (Å²) < 4.78 is 0. The molecule has 0 aromatic heterocycles. The Morgan fingerprint density at radius 1 is 1.27 bits per heavy atom. The molecular weight excluding hydrogens is 292 g/mol. The first-order valence-corrected chi connectivity index (χ1v) is 9.30. The Morgan fingerprint density at radius 2 is 1.95 bits per heavy atom. The van der Waals surface area contributed by atoms with Crippen molar-refractivity contribution in [3.63, 3.8) is 0 Å². The van der Waals surface area contributed by atoms with Gasteiger partial charge in [0.15, 0.2) is 5.96 Å². The van der Waals surface area contributed by atoms with Crippen LogP contribution >= 0.6 is 11.8 Å². The van der Waals surface area contributed by atoms with Gasteiger partial charge in [0.1, 0.15) is 0 Å². The molecule has 0 bridgehead atoms. The lowest BCUT2D eigenvalue weighted by atomic mass is 10.2. The summed E-state index contributed by atoms with van der Waals surface area (Å²) >= 11 is 2.05. The molecular formula is C17H26N4S. The van der Waals surface area contributed by atoms with E-state index >= 15 is 0 Å². The van der Waals surface area contributed by atoms with Crippen LogP contribution in [0.2, 0.25) is 0 Å². The van der Waals surface area contributed by atoms with Gasteiger partial charge in [-0.1, -0.05) is 19.1 Å². The van der Waals surface area contributed by atoms with Crippen molar-refractivity contribution in [2.24, 2.45) is 10.9 Å². The van der Waals surface area contributed by atoms with Gasteiger partial charge in [-0.15, -0.1) is 0 Å². The molecule has 1 aliphatic heterocycles. The highest BCUT2D eigenvalue weighted by molar-refractivity contribution is 7.99. The van der Waals surface area contributed by atoms with Crippen molar-refractivity contribution in [2.45, 2.75) is 25.9 Å². The average molecular weight is 318 g/mol. The molecule has 1 saturated heterocycles. The third kappa shape index (κ3) is 4.09. The first-order valence-electron chi connectivity index (χ1n) is 8.15. The van der Waals surface area contributed by atoms with Gasteiger partial charge >= 0.3 is 0 Å². The van der Waals surface area contributed by atoms with Crippen LogP contribution in [0, 0.1) is 5.92 Å². The van der Waals surface area contributed by atoms with Crippen molar-refractivity contribution < 1.29 is 0 Å². The molecule has 0 radical (unpaired) electrons. The van der Waals surface area contributed by atoms with E-state index in [1.807, 2.05) is 18.8 Å². The van der Waals surface area contributed by atoms with E-state index in [0.29, 0.717) is 6.04 Å². The number of nitrogens with one attached hydrogen (secondary N) is 2. The van der Waals surface area contributed by atoms with Crippen molar-refractivity contribution in [2.75, 3.05) is 36.5 Å². The minimum atomic E-state index is 0.602. The van der Waals surface area contributed by atoms with Crippen molar-refractivity contribution >= 4 is 23.4 Å². The fraction of sp³-hybridized carbons (Fsp3) is 0.588. The summed E-state index contributed by atoms with van der Waals surface area (Å²) in [7, 11) is 1.83. The van der Waals surface area contributed by atoms with Crippen LogP contribution in [0.1, 0.15) is 18.9 Å². The van der Waals surface area contributed by atoms with Gasteiger partial charge in [-0.25, -0.2) is 0 Å². The molecule has 1 saturated carbocycles. The fourth-order valence-electron chi connectivity index (χ4n) is 2.73. The van der Waals surface area contributed by atoms with Crippen LogP contribution < -0.4 is 15.5 Å². The summed E-state index contributed by atoms with van der Waals surface area (Å²) in [5.74, 6) is 4.17. The second-order valence-electron chi connectivity index (χ2n) is 6.16. The van der Waals surface area contributed by atoms with Crippen LogP contribution in [0.15, 0.2) is 29.3 Å². The molecule has 3 rings (SSSR count). The van der Waals surface area contributed by atoms with Gasteiger partial charge in [0.2, 0.25) is 0 Å². The Labute approximate surface area is 137 Å². The van der Waals surface area contributed by atoms with E-state index in [1.165, 1.54) is 42.3 Å². The zero-order valence-electron chi connectivity index (χ0n) is 13.5. The average Bonchev–Trinajstić information content (AvgIpc) is 3.27. The van der Waals surface area contributed by atoms with Crippen molar-refractivity contribution in [3.8, 4) is 0 Å². The third-order valence-electron chi connectivity index (χ3n) is 4.43. The molecule has 1 aliphatic carbocycles. The highest BCUT2D eigenvalue weighted by atomic mass is 32.2. The smallest absolute Gasteiger partial charge is 0.191 e. The Bertz CT molecular complexity index is 508. The lowest BCUT2D eigenvalue weighted by Crippen LogP contribution is -2.38. The molecule has 2 unspecified atom stereocenters. The van der Waals surface area contributed by atoms with Gasteiger partial charge < -0.3 is 15.5 Å². The maximum atomic E-state index is 4.29. The molecule has 2 fully saturated rings. The SMILES string of the molecule is CN=C(NCc1ccc(N2CCSCC2)cc1)NC1CC1C. The molecule has 120 valence electrons. The molecule has 1 aromatic carbocycles. The minimum Gasteiger partial charge on any atom is -0.370 e. The van der Waals surface area contributed by atoms with Crippen LogP contribution in [0.4, 0.5) is 5.69 Å². The second-order valence-corrected chi connectivity index (χ2v) is 7.38. The van der Waals surface area contributed by atoms with Crippen molar-refractivity contribution in [3.05, 3.63) is 29.8 Å². The molecule has 0 amide bonds. The number of rotatable bonds is 4. The maximum Gasteiger partial charge on any atom is 0.191 e. The largest absolute Gasteiger partial charge is 0.370 e. The lowest BCUT2D eigenvalue weighted by molar-refractivity contribution is 0.763. The molecule has 4 nitrogen and oxygen atoms in total. The van der Waals surface area contributed by atoms with Gasteiger partial charge in [-0.05, 0) is 30.0 Å². The highest BCUT2D eigenvalue weighted by Crippen LogP contribution is 2.28. The molecule has 5 heteroatoms. The molecule has 2 atom stereocenters. The maximum absolute atomic E-state index is 4.29. The quantitative estimate of drug-likeness (QED) is 0.660. The van der Waals surface area contributed by atoms with E-state index in [4.69, 9.17) is 0 Å². The topological polar surface area (TPSA) is 39.7 Å². The highest BCUT2D eigenvalue weighted by Gasteiger charge is 2.33. The summed E-state index contributed by atoms with van der Waals surface area (Å²) in [5.41, 5.74) is 2.64. The molecule has 0 spiro atoms. The number of nitrogens with zero attached hydrogens (tertiary/aromatic N) is 2. The van der Waals surface area contributed by atoms with E-state index in [0.717, 1.165) is 18.4 Å². The van der Waals surface area contributed by atoms with E-state index in [1.54, 1.807) is 0 Å². The number of aliphatic imine (C=N–C) groups is 1. The van der Waals surface area contributed by atoms with Crippen LogP contribution in [-0.2, 0) is 6.54 Å². The Morgan fingerprint density at radius 3 is 2.55 bits per heavy atom. The zero-order chi connectivity index (χ0) is 15.4. The normalized spacial score (nSPS) is 25.0. The zero-order valence-corrected chi connectivity index (χ0v) is 14.3. The van der Waals surface area contributed by atoms with E-state index in [9.17, 15) is 0 Å². The van der Waals surface area contributed by atoms with Crippen LogP contribution in [0.5, 0.6) is 0 Å². The third-order valence-corrected chi connectivity index (χ3v) is 5.37. The second kappa shape index (κ2) is 7.27. The van der Waals surface area contributed by atoms with Gasteiger partial charge in [0.25, 0.3) is 0 Å². The van der Waals surface area contributed by atoms with Crippen molar-refractivity contribution in [1.82, 2.24) is 10.6 Å². The number of guanidine groups is 1. The molecule has 1 heterocycles. The number of thioether (sulfide) groups is 1. The predicted octanol–water partition coefficient (Wildman–Crippen LogP) is 2.31. The van der Waals surface area contributed by atoms with Crippen LogP contribution in [-0.4, -0.2) is 43.6 Å². The first-order chi connectivity index (χ1) is 10.8. The first kappa shape index (κ1) is 15.5.